The van der Waals surface area contributed by atoms with Crippen molar-refractivity contribution in [3.8, 4) is 28.8 Å². The number of halogens is 2. The highest BCUT2D eigenvalue weighted by Gasteiger charge is 2.22. The molecule has 24 heavy (non-hydrogen) atoms. The van der Waals surface area contributed by atoms with Gasteiger partial charge in [0.25, 0.3) is 5.88 Å². The Bertz CT molecular complexity index is 787. The molecule has 0 aliphatic rings. The van der Waals surface area contributed by atoms with E-state index in [1.165, 1.54) is 26.4 Å². The molecule has 0 fully saturated rings. The van der Waals surface area contributed by atoms with Crippen molar-refractivity contribution in [1.29, 1.82) is 0 Å². The molecule has 0 aliphatic carbocycles. The van der Waals surface area contributed by atoms with Gasteiger partial charge in [0.2, 0.25) is 5.75 Å². The minimum absolute atomic E-state index is 0.0553. The zero-order valence-electron chi connectivity index (χ0n) is 12.9. The van der Waals surface area contributed by atoms with Gasteiger partial charge in [0.05, 0.1) is 31.9 Å². The molecule has 8 nitrogen and oxygen atoms in total. The molecule has 2 aromatic rings. The Kier molecular flexibility index (Phi) is 5.24. The lowest BCUT2D eigenvalue weighted by molar-refractivity contribution is 0.118. The molecule has 2 N–H and O–H groups in total. The van der Waals surface area contributed by atoms with E-state index in [1.807, 2.05) is 0 Å². The fraction of sp³-hybridized carbons (Fsp3) is 0.214. The fourth-order valence-electron chi connectivity index (χ4n) is 1.84. The van der Waals surface area contributed by atoms with E-state index in [9.17, 15) is 9.18 Å². The number of hydrogen-bond acceptors (Lipinski definition) is 8. The van der Waals surface area contributed by atoms with Crippen LogP contribution in [0.15, 0.2) is 12.1 Å². The molecule has 1 aromatic heterocycles. The monoisotopic (exact) mass is 357 g/mol. The van der Waals surface area contributed by atoms with Gasteiger partial charge in [-0.15, -0.1) is 0 Å². The second-order valence-electron chi connectivity index (χ2n) is 4.27. The van der Waals surface area contributed by atoms with Crippen LogP contribution in [0.2, 0.25) is 5.02 Å². The zero-order chi connectivity index (χ0) is 17.9. The number of anilines is 1. The molecule has 128 valence electrons. The van der Waals surface area contributed by atoms with Crippen LogP contribution >= 0.6 is 11.6 Å². The van der Waals surface area contributed by atoms with E-state index in [-0.39, 0.29) is 39.6 Å². The molecule has 2 rings (SSSR count). The summed E-state index contributed by atoms with van der Waals surface area (Å²) in [5.74, 6) is -1.69. The Morgan fingerprint density at radius 3 is 2.42 bits per heavy atom. The normalized spacial score (nSPS) is 10.2. The third kappa shape index (κ3) is 3.25. The predicted octanol–water partition coefficient (Wildman–Crippen LogP) is 2.68. The van der Waals surface area contributed by atoms with Gasteiger partial charge in [0.15, 0.2) is 23.2 Å². The number of nitrogens with zero attached hydrogens (tertiary/aromatic N) is 2. The molecule has 1 heterocycles. The molecule has 0 aliphatic heterocycles. The number of carbonyl (C=O) groups excluding carboxylic acids is 1. The van der Waals surface area contributed by atoms with Gasteiger partial charge in [0, 0.05) is 0 Å². The Morgan fingerprint density at radius 2 is 1.83 bits per heavy atom. The molecular formula is C14H13ClFN3O5. The number of nitrogens with two attached hydrogens (primary N) is 1. The highest BCUT2D eigenvalue weighted by Crippen LogP contribution is 2.37. The summed E-state index contributed by atoms with van der Waals surface area (Å²) in [6.07, 6.45) is -1.05. The van der Waals surface area contributed by atoms with Gasteiger partial charge in [0.1, 0.15) is 0 Å². The molecule has 0 saturated carbocycles. The first kappa shape index (κ1) is 17.5. The second kappa shape index (κ2) is 7.18. The standard InChI is InChI=1S/C14H13ClFN3O5/c1-21-9-7(15)5-4-6(8(9)16)12-18-11(17)10(22-2)13(19-12)24-14(20)23-3/h4-5H,1-3H3,(H2,17,18,19). The lowest BCUT2D eigenvalue weighted by atomic mass is 10.2. The quantitative estimate of drug-likeness (QED) is 0.832. The summed E-state index contributed by atoms with van der Waals surface area (Å²) in [4.78, 5) is 19.2. The van der Waals surface area contributed by atoms with Crippen molar-refractivity contribution in [2.45, 2.75) is 0 Å². The molecule has 1 aromatic carbocycles. The molecule has 0 spiro atoms. The average molecular weight is 358 g/mol. The lowest BCUT2D eigenvalue weighted by Crippen LogP contribution is -2.12. The van der Waals surface area contributed by atoms with E-state index in [2.05, 4.69) is 14.7 Å². The molecule has 0 unspecified atom stereocenters. The number of rotatable bonds is 4. The summed E-state index contributed by atoms with van der Waals surface area (Å²) >= 11 is 5.85. The van der Waals surface area contributed by atoms with Gasteiger partial charge in [-0.2, -0.15) is 4.98 Å². The van der Waals surface area contributed by atoms with Crippen LogP contribution in [0.3, 0.4) is 0 Å². The van der Waals surface area contributed by atoms with Gasteiger partial charge in [-0.1, -0.05) is 11.6 Å². The smallest absolute Gasteiger partial charge is 0.492 e. The predicted molar refractivity (Wildman–Crippen MR) is 83.0 cm³/mol. The minimum atomic E-state index is -1.05. The van der Waals surface area contributed by atoms with Crippen molar-refractivity contribution >= 4 is 23.6 Å². The summed E-state index contributed by atoms with van der Waals surface area (Å²) < 4.78 is 33.6. The molecule has 0 bridgehead atoms. The van der Waals surface area contributed by atoms with Crippen LogP contribution in [-0.2, 0) is 4.74 Å². The van der Waals surface area contributed by atoms with E-state index < -0.39 is 12.0 Å². The van der Waals surface area contributed by atoms with Crippen molar-refractivity contribution in [3.63, 3.8) is 0 Å². The van der Waals surface area contributed by atoms with E-state index >= 15 is 0 Å². The first-order valence-electron chi connectivity index (χ1n) is 6.42. The third-order valence-corrected chi connectivity index (χ3v) is 3.20. The van der Waals surface area contributed by atoms with Crippen LogP contribution in [0.5, 0.6) is 17.4 Å². The number of benzene rings is 1. The number of nitrogen functional groups attached to an aromatic ring is 1. The molecule has 0 saturated heterocycles. The van der Waals surface area contributed by atoms with Crippen molar-refractivity contribution < 1.29 is 28.1 Å². The summed E-state index contributed by atoms with van der Waals surface area (Å²) in [6, 6.07) is 2.74. The molecular weight excluding hydrogens is 345 g/mol. The average Bonchev–Trinajstić information content (AvgIpc) is 2.55. The van der Waals surface area contributed by atoms with Crippen molar-refractivity contribution in [3.05, 3.63) is 23.0 Å². The van der Waals surface area contributed by atoms with Gasteiger partial charge < -0.3 is 24.7 Å². The Hall–Kier alpha value is -2.81. The minimum Gasteiger partial charge on any atom is -0.492 e. The SMILES string of the molecule is COC(=O)Oc1nc(-c2ccc(Cl)c(OC)c2F)nc(N)c1OC. The molecule has 0 amide bonds. The Labute approximate surface area is 141 Å². The van der Waals surface area contributed by atoms with E-state index in [0.29, 0.717) is 0 Å². The summed E-state index contributed by atoms with van der Waals surface area (Å²) in [7, 11) is 3.66. The lowest BCUT2D eigenvalue weighted by Gasteiger charge is -2.12. The Morgan fingerprint density at radius 1 is 1.17 bits per heavy atom. The zero-order valence-corrected chi connectivity index (χ0v) is 13.7. The van der Waals surface area contributed by atoms with E-state index in [1.54, 1.807) is 0 Å². The summed E-state index contributed by atoms with van der Waals surface area (Å²) in [6.45, 7) is 0. The molecule has 0 atom stereocenters. The van der Waals surface area contributed by atoms with E-state index in [4.69, 9.17) is 31.5 Å². The van der Waals surface area contributed by atoms with Crippen molar-refractivity contribution in [2.24, 2.45) is 0 Å². The Balaban J connectivity index is 2.62. The van der Waals surface area contributed by atoms with Crippen LogP contribution in [0.4, 0.5) is 15.0 Å². The number of carbonyl (C=O) groups is 1. The van der Waals surface area contributed by atoms with Gasteiger partial charge in [-0.25, -0.2) is 14.2 Å². The maximum absolute atomic E-state index is 14.5. The summed E-state index contributed by atoms with van der Waals surface area (Å²) in [5.41, 5.74) is 5.69. The number of ether oxygens (including phenoxy) is 4. The summed E-state index contributed by atoms with van der Waals surface area (Å²) in [5, 5.41) is 0.0752. The van der Waals surface area contributed by atoms with Crippen molar-refractivity contribution in [1.82, 2.24) is 9.97 Å². The first-order chi connectivity index (χ1) is 11.4. The van der Waals surface area contributed by atoms with Crippen LogP contribution in [0.25, 0.3) is 11.4 Å². The maximum Gasteiger partial charge on any atom is 0.515 e. The van der Waals surface area contributed by atoms with E-state index in [0.717, 1.165) is 7.11 Å². The van der Waals surface area contributed by atoms with Gasteiger partial charge in [-0.3, -0.25) is 0 Å². The topological polar surface area (TPSA) is 106 Å². The number of methoxy groups -OCH3 is 3. The fourth-order valence-corrected chi connectivity index (χ4v) is 2.06. The molecule has 0 radical (unpaired) electrons. The third-order valence-electron chi connectivity index (χ3n) is 2.91. The number of aromatic nitrogens is 2. The molecule has 10 heteroatoms. The van der Waals surface area contributed by atoms with Crippen LogP contribution < -0.4 is 19.9 Å². The van der Waals surface area contributed by atoms with Gasteiger partial charge >= 0.3 is 6.16 Å². The van der Waals surface area contributed by atoms with Crippen molar-refractivity contribution in [2.75, 3.05) is 27.1 Å². The second-order valence-corrected chi connectivity index (χ2v) is 4.68. The van der Waals surface area contributed by atoms with Crippen LogP contribution in [0, 0.1) is 5.82 Å². The van der Waals surface area contributed by atoms with Gasteiger partial charge in [-0.05, 0) is 12.1 Å². The number of hydrogen-bond donors (Lipinski definition) is 1. The maximum atomic E-state index is 14.5. The first-order valence-corrected chi connectivity index (χ1v) is 6.80. The van der Waals surface area contributed by atoms with Crippen LogP contribution in [0.1, 0.15) is 0 Å². The largest absolute Gasteiger partial charge is 0.515 e. The van der Waals surface area contributed by atoms with Crippen LogP contribution in [-0.4, -0.2) is 37.5 Å². The highest BCUT2D eigenvalue weighted by atomic mass is 35.5. The highest BCUT2D eigenvalue weighted by molar-refractivity contribution is 6.32.